The zero-order valence-electron chi connectivity index (χ0n) is 17.5. The van der Waals surface area contributed by atoms with Gasteiger partial charge in [-0.3, -0.25) is 14.6 Å². The van der Waals surface area contributed by atoms with Crippen LogP contribution in [0.2, 0.25) is 0 Å². The molecule has 1 atom stereocenters. The lowest BCUT2D eigenvalue weighted by molar-refractivity contribution is -0.127. The normalized spacial score (nSPS) is 14.7. The van der Waals surface area contributed by atoms with Gasteiger partial charge in [-0.15, -0.1) is 0 Å². The number of rotatable bonds is 7. The summed E-state index contributed by atoms with van der Waals surface area (Å²) in [5.41, 5.74) is 2.08. The molecule has 0 spiro atoms. The van der Waals surface area contributed by atoms with Gasteiger partial charge in [0.2, 0.25) is 5.91 Å². The number of carbonyl (C=O) groups is 2. The number of amides is 2. The summed E-state index contributed by atoms with van der Waals surface area (Å²) in [7, 11) is 0. The predicted molar refractivity (Wildman–Crippen MR) is 120 cm³/mol. The van der Waals surface area contributed by atoms with Crippen molar-refractivity contribution in [1.29, 1.82) is 0 Å². The van der Waals surface area contributed by atoms with E-state index in [1.165, 1.54) is 0 Å². The van der Waals surface area contributed by atoms with Crippen LogP contribution in [0.25, 0.3) is 0 Å². The molecule has 0 radical (unpaired) electrons. The molecule has 1 saturated carbocycles. The molecular weight excluding hydrogens is 386 g/mol. The minimum absolute atomic E-state index is 0.157. The number of hydrogen-bond donors (Lipinski definition) is 1. The maximum Gasteiger partial charge on any atom is 0.255 e. The molecule has 5 heteroatoms. The lowest BCUT2D eigenvalue weighted by atomic mass is 10.0. The summed E-state index contributed by atoms with van der Waals surface area (Å²) in [5, 5.41) is 3.18. The van der Waals surface area contributed by atoms with Crippen molar-refractivity contribution < 1.29 is 9.59 Å². The van der Waals surface area contributed by atoms with E-state index in [1.807, 2.05) is 66.7 Å². The van der Waals surface area contributed by atoms with Crippen LogP contribution in [0.4, 0.5) is 0 Å². The Balaban J connectivity index is 1.72. The van der Waals surface area contributed by atoms with Crippen LogP contribution in [0.3, 0.4) is 0 Å². The van der Waals surface area contributed by atoms with Crippen molar-refractivity contribution in [2.75, 3.05) is 0 Å². The first-order valence-corrected chi connectivity index (χ1v) is 10.8. The molecule has 1 aliphatic rings. The van der Waals surface area contributed by atoms with E-state index < -0.39 is 6.04 Å². The minimum atomic E-state index is -0.810. The smallest absolute Gasteiger partial charge is 0.255 e. The fourth-order valence-corrected chi connectivity index (χ4v) is 4.13. The molecule has 1 aliphatic carbocycles. The summed E-state index contributed by atoms with van der Waals surface area (Å²) >= 11 is 0. The molecule has 2 amide bonds. The topological polar surface area (TPSA) is 62.3 Å². The number of nitrogens with one attached hydrogen (secondary N) is 1. The monoisotopic (exact) mass is 413 g/mol. The number of hydrogen-bond acceptors (Lipinski definition) is 3. The maximum atomic E-state index is 13.6. The molecule has 1 aromatic heterocycles. The van der Waals surface area contributed by atoms with Crippen LogP contribution in [0, 0.1) is 0 Å². The van der Waals surface area contributed by atoms with Crippen LogP contribution < -0.4 is 5.32 Å². The highest BCUT2D eigenvalue weighted by molar-refractivity contribution is 5.97. The number of carbonyl (C=O) groups excluding carboxylic acids is 2. The van der Waals surface area contributed by atoms with Crippen molar-refractivity contribution in [3.63, 3.8) is 0 Å². The molecule has 31 heavy (non-hydrogen) atoms. The van der Waals surface area contributed by atoms with Crippen molar-refractivity contribution in [3.05, 3.63) is 102 Å². The van der Waals surface area contributed by atoms with Gasteiger partial charge in [0.15, 0.2) is 6.04 Å². The average molecular weight is 414 g/mol. The highest BCUT2D eigenvalue weighted by Gasteiger charge is 2.34. The third-order valence-corrected chi connectivity index (χ3v) is 5.71. The second-order valence-corrected chi connectivity index (χ2v) is 7.93. The summed E-state index contributed by atoms with van der Waals surface area (Å²) in [6, 6.07) is 23.7. The third kappa shape index (κ3) is 5.18. The molecule has 0 aliphatic heterocycles. The lowest BCUT2D eigenvalue weighted by Crippen LogP contribution is -2.46. The highest BCUT2D eigenvalue weighted by Crippen LogP contribution is 2.26. The minimum Gasteiger partial charge on any atom is -0.351 e. The highest BCUT2D eigenvalue weighted by atomic mass is 16.2. The first kappa shape index (κ1) is 20.8. The van der Waals surface area contributed by atoms with E-state index in [0.717, 1.165) is 31.2 Å². The van der Waals surface area contributed by atoms with Crippen molar-refractivity contribution in [1.82, 2.24) is 15.2 Å². The molecule has 5 nitrogen and oxygen atoms in total. The van der Waals surface area contributed by atoms with Crippen LogP contribution in [-0.4, -0.2) is 27.7 Å². The zero-order chi connectivity index (χ0) is 21.5. The Bertz CT molecular complexity index is 987. The molecule has 0 saturated heterocycles. The van der Waals surface area contributed by atoms with Gasteiger partial charge in [-0.2, -0.15) is 0 Å². The first-order chi connectivity index (χ1) is 15.2. The molecule has 3 aromatic rings. The number of pyridine rings is 1. The zero-order valence-corrected chi connectivity index (χ0v) is 17.5. The van der Waals surface area contributed by atoms with E-state index in [1.54, 1.807) is 23.2 Å². The van der Waals surface area contributed by atoms with Crippen molar-refractivity contribution in [2.45, 2.75) is 44.3 Å². The second kappa shape index (κ2) is 10.0. The fraction of sp³-hybridized carbons (Fsp3) is 0.269. The van der Waals surface area contributed by atoms with E-state index in [0.29, 0.717) is 17.8 Å². The summed E-state index contributed by atoms with van der Waals surface area (Å²) in [4.78, 5) is 33.2. The van der Waals surface area contributed by atoms with Gasteiger partial charge in [0.1, 0.15) is 0 Å². The Labute approximate surface area is 183 Å². The van der Waals surface area contributed by atoms with Gasteiger partial charge in [-0.25, -0.2) is 0 Å². The van der Waals surface area contributed by atoms with Crippen LogP contribution in [0.1, 0.15) is 53.3 Å². The summed E-state index contributed by atoms with van der Waals surface area (Å²) in [6.07, 6.45) is 5.86. The van der Waals surface area contributed by atoms with Crippen molar-refractivity contribution >= 4 is 11.8 Å². The Morgan fingerprint density at radius 2 is 1.55 bits per heavy atom. The van der Waals surface area contributed by atoms with Gasteiger partial charge in [-0.05, 0) is 42.7 Å². The van der Waals surface area contributed by atoms with E-state index >= 15 is 0 Å². The van der Waals surface area contributed by atoms with E-state index in [2.05, 4.69) is 10.3 Å². The van der Waals surface area contributed by atoms with E-state index in [9.17, 15) is 9.59 Å². The largest absolute Gasteiger partial charge is 0.351 e. The molecule has 1 N–H and O–H groups in total. The van der Waals surface area contributed by atoms with Crippen molar-refractivity contribution in [3.8, 4) is 0 Å². The molecule has 2 aromatic carbocycles. The van der Waals surface area contributed by atoms with Gasteiger partial charge < -0.3 is 10.2 Å². The van der Waals surface area contributed by atoms with Crippen LogP contribution in [-0.2, 0) is 11.3 Å². The Kier molecular flexibility index (Phi) is 6.72. The molecule has 1 fully saturated rings. The van der Waals surface area contributed by atoms with E-state index in [-0.39, 0.29) is 17.9 Å². The van der Waals surface area contributed by atoms with Crippen LogP contribution in [0.5, 0.6) is 0 Å². The lowest BCUT2D eigenvalue weighted by Gasteiger charge is -2.32. The maximum absolute atomic E-state index is 13.6. The molecule has 158 valence electrons. The van der Waals surface area contributed by atoms with Crippen LogP contribution in [0.15, 0.2) is 85.1 Å². The van der Waals surface area contributed by atoms with Gasteiger partial charge in [0.05, 0.1) is 5.69 Å². The Hall–Kier alpha value is -3.47. The van der Waals surface area contributed by atoms with Gasteiger partial charge >= 0.3 is 0 Å². The third-order valence-electron chi connectivity index (χ3n) is 5.71. The number of benzene rings is 2. The summed E-state index contributed by atoms with van der Waals surface area (Å²) in [6.45, 7) is 0.313. The summed E-state index contributed by atoms with van der Waals surface area (Å²) in [5.74, 6) is -0.368. The number of nitrogens with zero attached hydrogens (tertiary/aromatic N) is 2. The van der Waals surface area contributed by atoms with Gasteiger partial charge in [0.25, 0.3) is 5.91 Å². The molecule has 1 unspecified atom stereocenters. The number of aromatic nitrogens is 1. The quantitative estimate of drug-likeness (QED) is 0.619. The molecule has 1 heterocycles. The SMILES string of the molecule is O=C(NC1CCCC1)C(c1ccccn1)N(Cc1ccccc1)C(=O)c1ccccc1. The molecule has 0 bridgehead atoms. The predicted octanol–water partition coefficient (Wildman–Crippen LogP) is 4.52. The second-order valence-electron chi connectivity index (χ2n) is 7.93. The average Bonchev–Trinajstić information content (AvgIpc) is 3.33. The van der Waals surface area contributed by atoms with E-state index in [4.69, 9.17) is 0 Å². The first-order valence-electron chi connectivity index (χ1n) is 10.8. The molecule has 4 rings (SSSR count). The Morgan fingerprint density at radius 1 is 0.903 bits per heavy atom. The standard InChI is InChI=1S/C26H27N3O2/c30-25(28-22-15-7-8-16-22)24(23-17-9-10-18-27-23)29(19-20-11-3-1-4-12-20)26(31)21-13-5-2-6-14-21/h1-6,9-14,17-18,22,24H,7-8,15-16,19H2,(H,28,30). The summed E-state index contributed by atoms with van der Waals surface area (Å²) < 4.78 is 0. The van der Waals surface area contributed by atoms with Gasteiger partial charge in [0, 0.05) is 24.3 Å². The van der Waals surface area contributed by atoms with Crippen LogP contribution >= 0.6 is 0 Å². The Morgan fingerprint density at radius 3 is 2.19 bits per heavy atom. The molecular formula is C26H27N3O2. The fourth-order valence-electron chi connectivity index (χ4n) is 4.13. The van der Waals surface area contributed by atoms with Gasteiger partial charge in [-0.1, -0.05) is 67.4 Å². The van der Waals surface area contributed by atoms with Crippen molar-refractivity contribution in [2.24, 2.45) is 0 Å².